The van der Waals surface area contributed by atoms with Crippen molar-refractivity contribution in [1.29, 1.82) is 0 Å². The van der Waals surface area contributed by atoms with Crippen molar-refractivity contribution in [2.75, 3.05) is 19.8 Å². The van der Waals surface area contributed by atoms with Gasteiger partial charge in [-0.1, -0.05) is 72.8 Å². The summed E-state index contributed by atoms with van der Waals surface area (Å²) in [6.45, 7) is 2.09. The highest BCUT2D eigenvalue weighted by molar-refractivity contribution is 5.76. The Balaban J connectivity index is 1.45. The van der Waals surface area contributed by atoms with E-state index in [1.165, 1.54) is 0 Å². The number of carbonyl (C=O) groups is 1. The van der Waals surface area contributed by atoms with E-state index in [9.17, 15) is 9.90 Å². The molecule has 5 rings (SSSR count). The Hall–Kier alpha value is -3.94. The van der Waals surface area contributed by atoms with Crippen molar-refractivity contribution in [2.45, 2.75) is 51.1 Å². The Morgan fingerprint density at radius 3 is 2.52 bits per heavy atom. The van der Waals surface area contributed by atoms with Gasteiger partial charge in [0.15, 0.2) is 12.4 Å². The lowest BCUT2D eigenvalue weighted by Gasteiger charge is -2.30. The quantitative estimate of drug-likeness (QED) is 0.200. The average Bonchev–Trinajstić information content (AvgIpc) is 3.45. The fraction of sp³-hybridized carbons (Fsp3) is 0.333. The molecule has 1 heterocycles. The van der Waals surface area contributed by atoms with Crippen LogP contribution in [0.15, 0.2) is 83.3 Å². The molecule has 0 fully saturated rings. The molecule has 1 aliphatic rings. The normalized spacial score (nSPS) is 15.3. The number of esters is 1. The third kappa shape index (κ3) is 6.43. The Bertz CT molecular complexity index is 1330. The summed E-state index contributed by atoms with van der Waals surface area (Å²) in [5.74, 6) is 1.68. The summed E-state index contributed by atoms with van der Waals surface area (Å²) in [7, 11) is 0. The zero-order valence-corrected chi connectivity index (χ0v) is 22.8. The van der Waals surface area contributed by atoms with E-state index in [2.05, 4.69) is 11.4 Å². The van der Waals surface area contributed by atoms with Crippen molar-refractivity contribution in [1.82, 2.24) is 10.3 Å². The molecular formula is C33H36N2O5. The highest BCUT2D eigenvalue weighted by Gasteiger charge is 2.29. The Labute approximate surface area is 235 Å². The van der Waals surface area contributed by atoms with Gasteiger partial charge < -0.3 is 19.0 Å². The first kappa shape index (κ1) is 27.6. The monoisotopic (exact) mass is 540 g/mol. The zero-order valence-electron chi connectivity index (χ0n) is 22.8. The van der Waals surface area contributed by atoms with Crippen LogP contribution in [-0.2, 0) is 16.0 Å². The topological polar surface area (TPSA) is 93.8 Å². The molecule has 3 aromatic carbocycles. The molecule has 40 heavy (non-hydrogen) atoms. The fourth-order valence-corrected chi connectivity index (χ4v) is 5.34. The summed E-state index contributed by atoms with van der Waals surface area (Å²) < 4.78 is 17.4. The maximum atomic E-state index is 11.9. The Morgan fingerprint density at radius 1 is 1.05 bits per heavy atom. The van der Waals surface area contributed by atoms with Gasteiger partial charge in [-0.15, -0.1) is 0 Å². The van der Waals surface area contributed by atoms with Crippen LogP contribution in [0.2, 0.25) is 0 Å². The predicted octanol–water partition coefficient (Wildman–Crippen LogP) is 6.43. The van der Waals surface area contributed by atoms with Crippen LogP contribution in [0, 0.1) is 0 Å². The van der Waals surface area contributed by atoms with Gasteiger partial charge in [-0.25, -0.2) is 9.78 Å². The van der Waals surface area contributed by atoms with Crippen LogP contribution in [-0.4, -0.2) is 35.9 Å². The Kier molecular flexibility index (Phi) is 9.26. The highest BCUT2D eigenvalue weighted by Crippen LogP contribution is 2.39. The summed E-state index contributed by atoms with van der Waals surface area (Å²) in [6.07, 6.45) is 4.09. The summed E-state index contributed by atoms with van der Waals surface area (Å²) >= 11 is 0. The number of rotatable bonds is 12. The van der Waals surface area contributed by atoms with Gasteiger partial charge in [0.05, 0.1) is 12.6 Å². The number of aliphatic hydroxyl groups excluding tert-OH is 1. The molecule has 7 heteroatoms. The van der Waals surface area contributed by atoms with Gasteiger partial charge in [-0.05, 0) is 56.2 Å². The van der Waals surface area contributed by atoms with Crippen LogP contribution in [0.5, 0.6) is 5.75 Å². The van der Waals surface area contributed by atoms with Crippen LogP contribution in [0.3, 0.4) is 0 Å². The molecule has 1 unspecified atom stereocenters. The molecule has 0 radical (unpaired) electrons. The van der Waals surface area contributed by atoms with Gasteiger partial charge in [0.1, 0.15) is 11.4 Å². The van der Waals surface area contributed by atoms with E-state index < -0.39 is 0 Å². The van der Waals surface area contributed by atoms with Gasteiger partial charge in [0.25, 0.3) is 0 Å². The zero-order chi connectivity index (χ0) is 27.7. The molecule has 1 aliphatic carbocycles. The minimum Gasteiger partial charge on any atom is -0.482 e. The van der Waals surface area contributed by atoms with Crippen LogP contribution in [0.4, 0.5) is 0 Å². The first-order chi connectivity index (χ1) is 19.7. The number of fused-ring (bicyclic) bond motifs is 1. The minimum atomic E-state index is -0.373. The lowest BCUT2D eigenvalue weighted by atomic mass is 9.86. The number of hydrogen-bond acceptors (Lipinski definition) is 7. The number of carbonyl (C=O) groups excluding carboxylic acids is 1. The number of nitrogens with one attached hydrogen (secondary N) is 1. The first-order valence-corrected chi connectivity index (χ1v) is 14.1. The first-order valence-electron chi connectivity index (χ1n) is 14.1. The average molecular weight is 541 g/mol. The number of ether oxygens (including phenoxy) is 2. The molecule has 4 aromatic rings. The van der Waals surface area contributed by atoms with Crippen molar-refractivity contribution in [3.63, 3.8) is 0 Å². The van der Waals surface area contributed by atoms with E-state index in [0.29, 0.717) is 25.3 Å². The maximum absolute atomic E-state index is 11.9. The van der Waals surface area contributed by atoms with Gasteiger partial charge in [-0.2, -0.15) is 0 Å². The lowest BCUT2D eigenvalue weighted by molar-refractivity contribution is -0.145. The number of benzene rings is 3. The van der Waals surface area contributed by atoms with Gasteiger partial charge in [0, 0.05) is 23.8 Å². The van der Waals surface area contributed by atoms with Crippen LogP contribution in [0.1, 0.15) is 61.7 Å². The van der Waals surface area contributed by atoms with Crippen LogP contribution >= 0.6 is 0 Å². The third-order valence-corrected chi connectivity index (χ3v) is 7.19. The van der Waals surface area contributed by atoms with E-state index in [1.807, 2.05) is 72.8 Å². The standard InChI is InChI=1S/C33H36N2O5/c1-2-38-30(37)22-39-29-20-10-16-25-26(29)17-9-18-27(25)34-28(19-11-21-36)33-35-31(23-12-5-3-6-13-23)32(40-33)24-14-7-4-8-15-24/h3-8,10,12-16,20,27-28,34,36H,2,9,11,17-19,21-22H2,1H3/t27-,28?/m1/s1. The second-order valence-electron chi connectivity index (χ2n) is 9.91. The molecule has 0 spiro atoms. The fourth-order valence-electron chi connectivity index (χ4n) is 5.34. The Morgan fingerprint density at radius 2 is 1.80 bits per heavy atom. The summed E-state index contributed by atoms with van der Waals surface area (Å²) in [5, 5.41) is 13.5. The number of hydrogen-bond donors (Lipinski definition) is 2. The van der Waals surface area contributed by atoms with E-state index in [4.69, 9.17) is 18.9 Å². The summed E-state index contributed by atoms with van der Waals surface area (Å²) in [6, 6.07) is 25.9. The molecule has 0 saturated carbocycles. The number of nitrogens with zero attached hydrogens (tertiary/aromatic N) is 1. The van der Waals surface area contributed by atoms with Crippen molar-refractivity contribution in [3.05, 3.63) is 95.9 Å². The van der Waals surface area contributed by atoms with Gasteiger partial charge >= 0.3 is 5.97 Å². The molecule has 0 amide bonds. The second kappa shape index (κ2) is 13.4. The summed E-state index contributed by atoms with van der Waals surface area (Å²) in [5.41, 5.74) is 5.02. The maximum Gasteiger partial charge on any atom is 0.344 e. The molecule has 208 valence electrons. The molecule has 0 bridgehead atoms. The molecule has 2 atom stereocenters. The van der Waals surface area contributed by atoms with E-state index in [1.54, 1.807) is 6.92 Å². The minimum absolute atomic E-state index is 0.0471. The number of aliphatic hydroxyl groups is 1. The molecule has 7 nitrogen and oxygen atoms in total. The SMILES string of the molecule is CCOC(=O)COc1cccc2c1CCC[C@H]2NC(CCCO)c1nc(-c2ccccc2)c(-c2ccccc2)o1. The molecule has 0 aliphatic heterocycles. The van der Waals surface area contributed by atoms with Crippen LogP contribution in [0.25, 0.3) is 22.6 Å². The van der Waals surface area contributed by atoms with Crippen LogP contribution < -0.4 is 10.1 Å². The van der Waals surface area contributed by atoms with Crippen molar-refractivity contribution in [2.24, 2.45) is 0 Å². The van der Waals surface area contributed by atoms with Gasteiger partial charge in [-0.3, -0.25) is 5.32 Å². The molecule has 0 saturated heterocycles. The van der Waals surface area contributed by atoms with E-state index >= 15 is 0 Å². The molecule has 1 aromatic heterocycles. The summed E-state index contributed by atoms with van der Waals surface area (Å²) in [4.78, 5) is 16.9. The second-order valence-corrected chi connectivity index (χ2v) is 9.91. The smallest absolute Gasteiger partial charge is 0.344 e. The highest BCUT2D eigenvalue weighted by atomic mass is 16.6. The number of oxazole rings is 1. The largest absolute Gasteiger partial charge is 0.482 e. The third-order valence-electron chi connectivity index (χ3n) is 7.19. The molecule has 2 N–H and O–H groups in total. The van der Waals surface area contributed by atoms with Crippen molar-refractivity contribution in [3.8, 4) is 28.3 Å². The van der Waals surface area contributed by atoms with E-state index in [-0.39, 0.29) is 31.3 Å². The van der Waals surface area contributed by atoms with E-state index in [0.717, 1.165) is 58.7 Å². The van der Waals surface area contributed by atoms with Crippen molar-refractivity contribution >= 4 is 5.97 Å². The van der Waals surface area contributed by atoms with Gasteiger partial charge in [0.2, 0.25) is 5.89 Å². The van der Waals surface area contributed by atoms with Crippen molar-refractivity contribution < 1.29 is 23.8 Å². The lowest BCUT2D eigenvalue weighted by Crippen LogP contribution is -2.30. The number of aromatic nitrogens is 1. The molecular weight excluding hydrogens is 504 g/mol. The predicted molar refractivity (Wildman–Crippen MR) is 154 cm³/mol.